The number of halogens is 1. The second-order valence-corrected chi connectivity index (χ2v) is 5.53. The van der Waals surface area contributed by atoms with Gasteiger partial charge in [-0.25, -0.2) is 0 Å². The molecule has 2 fully saturated rings. The third-order valence-corrected chi connectivity index (χ3v) is 4.18. The van der Waals surface area contributed by atoms with Crippen molar-refractivity contribution < 1.29 is 4.79 Å². The van der Waals surface area contributed by atoms with Crippen LogP contribution < -0.4 is 5.73 Å². The second kappa shape index (κ2) is 6.05. The summed E-state index contributed by atoms with van der Waals surface area (Å²) in [4.78, 5) is 14.5. The van der Waals surface area contributed by atoms with Crippen LogP contribution in [0.4, 0.5) is 0 Å². The summed E-state index contributed by atoms with van der Waals surface area (Å²) in [5, 5.41) is 0. The van der Waals surface area contributed by atoms with Crippen molar-refractivity contribution in [2.75, 3.05) is 19.6 Å². The van der Waals surface area contributed by atoms with Crippen molar-refractivity contribution in [3.05, 3.63) is 0 Å². The monoisotopic (exact) mass is 260 g/mol. The van der Waals surface area contributed by atoms with E-state index in [0.29, 0.717) is 11.8 Å². The Labute approximate surface area is 111 Å². The van der Waals surface area contributed by atoms with Crippen LogP contribution in [-0.4, -0.2) is 30.4 Å². The van der Waals surface area contributed by atoms with Gasteiger partial charge in [0.25, 0.3) is 0 Å². The van der Waals surface area contributed by atoms with E-state index in [0.717, 1.165) is 51.7 Å². The Morgan fingerprint density at radius 3 is 2.71 bits per heavy atom. The van der Waals surface area contributed by atoms with E-state index in [1.165, 1.54) is 6.42 Å². The minimum absolute atomic E-state index is 0. The standard InChI is InChI=1S/C13H24N2O.ClH/c1-2-5-13(6-7-13)12(16)15-8-3-4-11(9-14)10-15;/h11H,2-10,14H2,1H3;1H. The van der Waals surface area contributed by atoms with Crippen LogP contribution >= 0.6 is 12.4 Å². The number of hydrogen-bond acceptors (Lipinski definition) is 2. The molecule has 0 radical (unpaired) electrons. The largest absolute Gasteiger partial charge is 0.342 e. The SMILES string of the molecule is CCCC1(C(=O)N2CCCC(CN)C2)CC1.Cl. The Morgan fingerprint density at radius 1 is 1.47 bits per heavy atom. The molecule has 1 unspecified atom stereocenters. The Balaban J connectivity index is 0.00000144. The van der Waals surface area contributed by atoms with Gasteiger partial charge in [0.15, 0.2) is 0 Å². The fourth-order valence-corrected chi connectivity index (χ4v) is 2.98. The smallest absolute Gasteiger partial charge is 0.228 e. The van der Waals surface area contributed by atoms with Gasteiger partial charge in [-0.15, -0.1) is 12.4 Å². The molecule has 1 saturated heterocycles. The molecule has 0 aromatic heterocycles. The van der Waals surface area contributed by atoms with E-state index >= 15 is 0 Å². The lowest BCUT2D eigenvalue weighted by Crippen LogP contribution is -2.45. The molecule has 100 valence electrons. The van der Waals surface area contributed by atoms with E-state index in [1.807, 2.05) is 0 Å². The summed E-state index contributed by atoms with van der Waals surface area (Å²) in [7, 11) is 0. The highest BCUT2D eigenvalue weighted by Crippen LogP contribution is 2.51. The van der Waals surface area contributed by atoms with E-state index in [2.05, 4.69) is 11.8 Å². The van der Waals surface area contributed by atoms with E-state index < -0.39 is 0 Å². The number of nitrogens with two attached hydrogens (primary N) is 1. The average molecular weight is 261 g/mol. The number of likely N-dealkylation sites (tertiary alicyclic amines) is 1. The molecule has 1 atom stereocenters. The first-order valence-corrected chi connectivity index (χ1v) is 6.71. The van der Waals surface area contributed by atoms with Crippen LogP contribution in [0.2, 0.25) is 0 Å². The topological polar surface area (TPSA) is 46.3 Å². The first-order chi connectivity index (χ1) is 7.72. The lowest BCUT2D eigenvalue weighted by atomic mass is 9.94. The third kappa shape index (κ3) is 3.14. The molecule has 0 aromatic carbocycles. The predicted octanol–water partition coefficient (Wildman–Crippen LogP) is 2.19. The van der Waals surface area contributed by atoms with Gasteiger partial charge in [-0.3, -0.25) is 4.79 Å². The number of carbonyl (C=O) groups is 1. The maximum atomic E-state index is 12.4. The van der Waals surface area contributed by atoms with Crippen LogP contribution in [0.25, 0.3) is 0 Å². The number of nitrogens with zero attached hydrogens (tertiary/aromatic N) is 1. The molecule has 17 heavy (non-hydrogen) atoms. The van der Waals surface area contributed by atoms with Gasteiger partial charge in [-0.2, -0.15) is 0 Å². The minimum Gasteiger partial charge on any atom is -0.342 e. The van der Waals surface area contributed by atoms with Crippen molar-refractivity contribution in [2.45, 2.75) is 45.4 Å². The van der Waals surface area contributed by atoms with Crippen LogP contribution in [0.1, 0.15) is 45.4 Å². The molecule has 1 aliphatic heterocycles. The molecule has 1 heterocycles. The summed E-state index contributed by atoms with van der Waals surface area (Å²) in [5.41, 5.74) is 5.76. The zero-order valence-electron chi connectivity index (χ0n) is 10.8. The van der Waals surface area contributed by atoms with Crippen LogP contribution in [0.3, 0.4) is 0 Å². The Hall–Kier alpha value is -0.280. The molecule has 1 aliphatic carbocycles. The number of piperidine rings is 1. The molecule has 1 saturated carbocycles. The highest BCUT2D eigenvalue weighted by Gasteiger charge is 2.50. The van der Waals surface area contributed by atoms with E-state index in [-0.39, 0.29) is 17.8 Å². The molecule has 2 rings (SSSR count). The van der Waals surface area contributed by atoms with Gasteiger partial charge in [0.05, 0.1) is 0 Å². The van der Waals surface area contributed by atoms with Gasteiger partial charge >= 0.3 is 0 Å². The summed E-state index contributed by atoms with van der Waals surface area (Å²) in [5.74, 6) is 0.961. The first-order valence-electron chi connectivity index (χ1n) is 6.71. The fraction of sp³-hybridized carbons (Fsp3) is 0.923. The van der Waals surface area contributed by atoms with Crippen LogP contribution in [0, 0.1) is 11.3 Å². The summed E-state index contributed by atoms with van der Waals surface area (Å²) in [6.45, 7) is 4.76. The number of amides is 1. The molecule has 2 N–H and O–H groups in total. The molecule has 4 heteroatoms. The molecule has 0 aromatic rings. The van der Waals surface area contributed by atoms with Gasteiger partial charge in [-0.05, 0) is 44.6 Å². The quantitative estimate of drug-likeness (QED) is 0.842. The van der Waals surface area contributed by atoms with Crippen molar-refractivity contribution in [2.24, 2.45) is 17.1 Å². The third-order valence-electron chi connectivity index (χ3n) is 4.18. The molecule has 0 spiro atoms. The van der Waals surface area contributed by atoms with Crippen LogP contribution in [0.15, 0.2) is 0 Å². The van der Waals surface area contributed by atoms with Gasteiger partial charge in [0.1, 0.15) is 0 Å². The van der Waals surface area contributed by atoms with Crippen molar-refractivity contribution in [3.8, 4) is 0 Å². The summed E-state index contributed by atoms with van der Waals surface area (Å²) < 4.78 is 0. The van der Waals surface area contributed by atoms with Crippen molar-refractivity contribution in [1.82, 2.24) is 4.90 Å². The van der Waals surface area contributed by atoms with Gasteiger partial charge in [0, 0.05) is 18.5 Å². The van der Waals surface area contributed by atoms with E-state index in [4.69, 9.17) is 5.73 Å². The molecule has 2 aliphatic rings. The molecule has 0 bridgehead atoms. The second-order valence-electron chi connectivity index (χ2n) is 5.53. The summed E-state index contributed by atoms with van der Waals surface area (Å²) in [6.07, 6.45) is 6.76. The zero-order chi connectivity index (χ0) is 11.6. The highest BCUT2D eigenvalue weighted by atomic mass is 35.5. The van der Waals surface area contributed by atoms with Gasteiger partial charge in [-0.1, -0.05) is 13.3 Å². The van der Waals surface area contributed by atoms with Gasteiger partial charge < -0.3 is 10.6 Å². The highest BCUT2D eigenvalue weighted by molar-refractivity contribution is 5.85. The molecular weight excluding hydrogens is 236 g/mol. The normalized spacial score (nSPS) is 26.2. The maximum absolute atomic E-state index is 12.4. The van der Waals surface area contributed by atoms with E-state index in [9.17, 15) is 4.79 Å². The fourth-order valence-electron chi connectivity index (χ4n) is 2.98. The molecule has 1 amide bonds. The van der Waals surface area contributed by atoms with E-state index in [1.54, 1.807) is 0 Å². The molecule has 3 nitrogen and oxygen atoms in total. The van der Waals surface area contributed by atoms with Gasteiger partial charge in [0.2, 0.25) is 5.91 Å². The lowest BCUT2D eigenvalue weighted by molar-refractivity contribution is -0.139. The van der Waals surface area contributed by atoms with Crippen molar-refractivity contribution >= 4 is 18.3 Å². The van der Waals surface area contributed by atoms with Crippen LogP contribution in [-0.2, 0) is 4.79 Å². The summed E-state index contributed by atoms with van der Waals surface area (Å²) in [6, 6.07) is 0. The maximum Gasteiger partial charge on any atom is 0.228 e. The van der Waals surface area contributed by atoms with Crippen LogP contribution in [0.5, 0.6) is 0 Å². The molecular formula is C13H25ClN2O. The first kappa shape index (κ1) is 14.8. The number of carbonyl (C=O) groups excluding carboxylic acids is 1. The minimum atomic E-state index is 0. The Bertz CT molecular complexity index is 266. The predicted molar refractivity (Wildman–Crippen MR) is 72.2 cm³/mol. The lowest BCUT2D eigenvalue weighted by Gasteiger charge is -2.34. The average Bonchev–Trinajstić information content (AvgIpc) is 3.10. The Morgan fingerprint density at radius 2 is 2.18 bits per heavy atom. The van der Waals surface area contributed by atoms with Crippen molar-refractivity contribution in [1.29, 1.82) is 0 Å². The summed E-state index contributed by atoms with van der Waals surface area (Å²) >= 11 is 0. The number of rotatable bonds is 4. The number of hydrogen-bond donors (Lipinski definition) is 1. The zero-order valence-corrected chi connectivity index (χ0v) is 11.6. The van der Waals surface area contributed by atoms with Crippen molar-refractivity contribution in [3.63, 3.8) is 0 Å². The Kier molecular flexibility index (Phi) is 5.26.